The predicted molar refractivity (Wildman–Crippen MR) is 128 cm³/mol. The van der Waals surface area contributed by atoms with Crippen LogP contribution in [-0.2, 0) is 14.8 Å². The van der Waals surface area contributed by atoms with Crippen molar-refractivity contribution in [3.63, 3.8) is 0 Å². The summed E-state index contributed by atoms with van der Waals surface area (Å²) in [5.41, 5.74) is 3.39. The van der Waals surface area contributed by atoms with Crippen LogP contribution in [0.2, 0.25) is 0 Å². The Hall–Kier alpha value is -3.52. The second-order valence-electron chi connectivity index (χ2n) is 7.80. The predicted octanol–water partition coefficient (Wildman–Crippen LogP) is 4.37. The largest absolute Gasteiger partial charge is 0.497 e. The monoisotopic (exact) mass is 468 g/mol. The average molecular weight is 469 g/mol. The molecule has 0 aromatic heterocycles. The van der Waals surface area contributed by atoms with Crippen molar-refractivity contribution in [3.05, 3.63) is 83.4 Å². The summed E-state index contributed by atoms with van der Waals surface area (Å²) in [5, 5.41) is 2.87. The molecule has 0 bridgehead atoms. The fourth-order valence-electron chi connectivity index (χ4n) is 3.37. The third kappa shape index (κ3) is 6.73. The van der Waals surface area contributed by atoms with Crippen LogP contribution in [0.5, 0.6) is 11.5 Å². The number of hydrogen-bond acceptors (Lipinski definition) is 5. The van der Waals surface area contributed by atoms with Crippen LogP contribution in [0.4, 0.5) is 5.69 Å². The fraction of sp³-hybridized carbons (Fsp3) is 0.240. The van der Waals surface area contributed by atoms with Gasteiger partial charge in [0.15, 0.2) is 6.61 Å². The normalized spacial score (nSPS) is 12.0. The second kappa shape index (κ2) is 10.4. The number of carbonyl (C=O) groups excluding carboxylic acids is 1. The highest BCUT2D eigenvalue weighted by molar-refractivity contribution is 7.92. The van der Waals surface area contributed by atoms with E-state index in [9.17, 15) is 13.2 Å². The van der Waals surface area contributed by atoms with Crippen molar-refractivity contribution in [1.82, 2.24) is 5.32 Å². The number of ether oxygens (including phenoxy) is 2. The van der Waals surface area contributed by atoms with E-state index >= 15 is 0 Å². The molecule has 174 valence electrons. The van der Waals surface area contributed by atoms with Crippen LogP contribution in [-0.4, -0.2) is 28.0 Å². The van der Waals surface area contributed by atoms with Gasteiger partial charge in [0.2, 0.25) is 0 Å². The number of hydrogen-bond donors (Lipinski definition) is 2. The number of anilines is 1. The van der Waals surface area contributed by atoms with Crippen molar-refractivity contribution in [2.75, 3.05) is 18.4 Å². The first-order chi connectivity index (χ1) is 15.7. The maximum atomic E-state index is 12.7. The first-order valence-corrected chi connectivity index (χ1v) is 11.9. The maximum Gasteiger partial charge on any atom is 0.261 e. The summed E-state index contributed by atoms with van der Waals surface area (Å²) in [4.78, 5) is 12.3. The van der Waals surface area contributed by atoms with Crippen molar-refractivity contribution in [2.45, 2.75) is 31.7 Å². The lowest BCUT2D eigenvalue weighted by molar-refractivity contribution is -0.123. The van der Waals surface area contributed by atoms with Gasteiger partial charge in [0, 0.05) is 5.69 Å². The van der Waals surface area contributed by atoms with Crippen molar-refractivity contribution < 1.29 is 22.7 Å². The molecule has 3 aromatic carbocycles. The fourth-order valence-corrected chi connectivity index (χ4v) is 4.41. The number of rotatable bonds is 9. The van der Waals surface area contributed by atoms with E-state index < -0.39 is 10.0 Å². The van der Waals surface area contributed by atoms with Crippen LogP contribution < -0.4 is 19.5 Å². The van der Waals surface area contributed by atoms with E-state index in [1.165, 1.54) is 24.3 Å². The zero-order valence-electron chi connectivity index (χ0n) is 19.1. The van der Waals surface area contributed by atoms with E-state index in [2.05, 4.69) is 10.0 Å². The van der Waals surface area contributed by atoms with Gasteiger partial charge in [0.05, 0.1) is 18.0 Å². The van der Waals surface area contributed by atoms with Crippen molar-refractivity contribution in [1.29, 1.82) is 0 Å². The van der Waals surface area contributed by atoms with Crippen LogP contribution in [0.1, 0.15) is 29.7 Å². The molecule has 0 spiro atoms. The molecule has 0 heterocycles. The Kier molecular flexibility index (Phi) is 7.60. The summed E-state index contributed by atoms with van der Waals surface area (Å²) in [6, 6.07) is 18.7. The summed E-state index contributed by atoms with van der Waals surface area (Å²) in [5.74, 6) is 0.856. The quantitative estimate of drug-likeness (QED) is 0.486. The van der Waals surface area contributed by atoms with Gasteiger partial charge in [-0.15, -0.1) is 0 Å². The zero-order valence-corrected chi connectivity index (χ0v) is 19.9. The van der Waals surface area contributed by atoms with E-state index in [0.29, 0.717) is 11.4 Å². The van der Waals surface area contributed by atoms with Crippen LogP contribution in [0, 0.1) is 13.8 Å². The lowest BCUT2D eigenvalue weighted by atomic mass is 10.1. The molecule has 8 heteroatoms. The molecule has 2 N–H and O–H groups in total. The van der Waals surface area contributed by atoms with Crippen LogP contribution in [0.3, 0.4) is 0 Å². The van der Waals surface area contributed by atoms with E-state index in [-0.39, 0.29) is 23.5 Å². The molecule has 0 saturated carbocycles. The Labute approximate surface area is 194 Å². The molecule has 0 fully saturated rings. The van der Waals surface area contributed by atoms with Crippen molar-refractivity contribution >= 4 is 21.6 Å². The topological polar surface area (TPSA) is 93.7 Å². The molecule has 3 rings (SSSR count). The lowest BCUT2D eigenvalue weighted by Crippen LogP contribution is -2.31. The van der Waals surface area contributed by atoms with Crippen molar-refractivity contribution in [3.8, 4) is 11.5 Å². The van der Waals surface area contributed by atoms with Crippen LogP contribution in [0.25, 0.3) is 0 Å². The number of amides is 1. The highest BCUT2D eigenvalue weighted by Crippen LogP contribution is 2.21. The van der Waals surface area contributed by atoms with Crippen LogP contribution in [0.15, 0.2) is 71.6 Å². The Morgan fingerprint density at radius 3 is 2.06 bits per heavy atom. The third-order valence-electron chi connectivity index (χ3n) is 4.97. The Balaban J connectivity index is 1.55. The molecule has 0 aliphatic carbocycles. The van der Waals surface area contributed by atoms with E-state index in [4.69, 9.17) is 9.47 Å². The van der Waals surface area contributed by atoms with Gasteiger partial charge < -0.3 is 14.8 Å². The molecule has 3 aromatic rings. The Bertz CT molecular complexity index is 1190. The number of methoxy groups -OCH3 is 1. The van der Waals surface area contributed by atoms with Crippen molar-refractivity contribution in [2.24, 2.45) is 0 Å². The first kappa shape index (κ1) is 24.1. The number of benzene rings is 3. The molecular weight excluding hydrogens is 440 g/mol. The van der Waals surface area contributed by atoms with Gasteiger partial charge in [-0.1, -0.05) is 18.2 Å². The van der Waals surface area contributed by atoms with E-state index in [0.717, 1.165) is 22.4 Å². The van der Waals surface area contributed by atoms with E-state index in [1.54, 1.807) is 19.2 Å². The van der Waals surface area contributed by atoms with E-state index in [1.807, 2.05) is 51.1 Å². The minimum atomic E-state index is -3.74. The van der Waals surface area contributed by atoms with Gasteiger partial charge in [0.25, 0.3) is 15.9 Å². The molecule has 0 aliphatic rings. The van der Waals surface area contributed by atoms with Gasteiger partial charge in [-0.3, -0.25) is 9.52 Å². The molecule has 1 amide bonds. The molecule has 7 nitrogen and oxygen atoms in total. The summed E-state index contributed by atoms with van der Waals surface area (Å²) in [7, 11) is -2.14. The molecule has 0 radical (unpaired) electrons. The Morgan fingerprint density at radius 1 is 0.909 bits per heavy atom. The molecule has 0 aliphatic heterocycles. The molecule has 1 atom stereocenters. The average Bonchev–Trinajstić information content (AvgIpc) is 2.77. The molecule has 0 unspecified atom stereocenters. The maximum absolute atomic E-state index is 12.7. The molecule has 0 saturated heterocycles. The standard InChI is InChI=1S/C25H28N2O5S/c1-17-13-18(2)15-21(14-17)27-33(29,30)24-11-9-23(10-12-24)32-16-25(28)26-19(3)20-5-7-22(31-4)8-6-20/h5-15,19,27H,16H2,1-4H3,(H,26,28)/t19-/m1/s1. The SMILES string of the molecule is COc1ccc([C@@H](C)NC(=O)COc2ccc(S(=O)(=O)Nc3cc(C)cc(C)c3)cc2)cc1. The van der Waals surface area contributed by atoms with Gasteiger partial charge >= 0.3 is 0 Å². The minimum absolute atomic E-state index is 0.103. The molecule has 33 heavy (non-hydrogen) atoms. The highest BCUT2D eigenvalue weighted by Gasteiger charge is 2.15. The van der Waals surface area contributed by atoms with Crippen LogP contribution >= 0.6 is 0 Å². The summed E-state index contributed by atoms with van der Waals surface area (Å²) in [6.45, 7) is 5.51. The van der Waals surface area contributed by atoms with Gasteiger partial charge in [-0.25, -0.2) is 8.42 Å². The summed E-state index contributed by atoms with van der Waals surface area (Å²) < 4.78 is 38.6. The number of carbonyl (C=O) groups is 1. The van der Waals surface area contributed by atoms with Gasteiger partial charge in [-0.2, -0.15) is 0 Å². The van der Waals surface area contributed by atoms with Gasteiger partial charge in [-0.05, 0) is 86.0 Å². The summed E-state index contributed by atoms with van der Waals surface area (Å²) >= 11 is 0. The number of aryl methyl sites for hydroxylation is 2. The number of sulfonamides is 1. The minimum Gasteiger partial charge on any atom is -0.497 e. The van der Waals surface area contributed by atoms with Gasteiger partial charge in [0.1, 0.15) is 11.5 Å². The highest BCUT2D eigenvalue weighted by atomic mass is 32.2. The Morgan fingerprint density at radius 2 is 1.48 bits per heavy atom. The smallest absolute Gasteiger partial charge is 0.261 e. The summed E-state index contributed by atoms with van der Waals surface area (Å²) in [6.07, 6.45) is 0. The molecular formula is C25H28N2O5S. The third-order valence-corrected chi connectivity index (χ3v) is 6.37. The lowest BCUT2D eigenvalue weighted by Gasteiger charge is -2.15. The second-order valence-corrected chi connectivity index (χ2v) is 9.49. The first-order valence-electron chi connectivity index (χ1n) is 10.4. The zero-order chi connectivity index (χ0) is 24.0. The number of nitrogens with one attached hydrogen (secondary N) is 2.